The summed E-state index contributed by atoms with van der Waals surface area (Å²) in [6.07, 6.45) is 0. The number of hydrogen-bond acceptors (Lipinski definition) is 5. The first kappa shape index (κ1) is 14.2. The molecule has 1 N–H and O–H groups in total. The Morgan fingerprint density at radius 1 is 1.38 bits per heavy atom. The Hall–Kier alpha value is -1.79. The molecule has 0 unspecified atom stereocenters. The minimum atomic E-state index is 0.582. The van der Waals surface area contributed by atoms with Crippen molar-refractivity contribution in [3.8, 4) is 17.1 Å². The number of nitrogens with one attached hydrogen (secondary N) is 1. The molecule has 3 rings (SSSR count). The summed E-state index contributed by atoms with van der Waals surface area (Å²) in [5.74, 6) is 2.07. The largest absolute Gasteiger partial charge is 0.493 e. The van der Waals surface area contributed by atoms with Crippen molar-refractivity contribution in [2.24, 2.45) is 0 Å². The minimum absolute atomic E-state index is 0.582. The number of benzene rings is 1. The maximum absolute atomic E-state index is 6.08. The van der Waals surface area contributed by atoms with Crippen LogP contribution >= 0.6 is 11.6 Å². The Bertz CT molecular complexity index is 611. The number of H-pyrrole nitrogens is 1. The lowest BCUT2D eigenvalue weighted by atomic mass is 10.2. The number of hydrogen-bond donors (Lipinski definition) is 1. The maximum atomic E-state index is 6.08. The fourth-order valence-electron chi connectivity index (χ4n) is 2.25. The molecule has 112 valence electrons. The minimum Gasteiger partial charge on any atom is -0.493 e. The lowest BCUT2D eigenvalue weighted by molar-refractivity contribution is 0.122. The predicted molar refractivity (Wildman–Crippen MR) is 81.0 cm³/mol. The van der Waals surface area contributed by atoms with Crippen LogP contribution in [0.1, 0.15) is 6.92 Å². The number of nitrogens with zero attached hydrogens (tertiary/aromatic N) is 3. The van der Waals surface area contributed by atoms with Crippen LogP contribution in [0, 0.1) is 0 Å². The molecule has 21 heavy (non-hydrogen) atoms. The molecule has 6 nitrogen and oxygen atoms in total. The predicted octanol–water partition coefficient (Wildman–Crippen LogP) is 2.36. The highest BCUT2D eigenvalue weighted by Crippen LogP contribution is 2.31. The normalized spacial score (nSPS) is 15.2. The number of rotatable bonds is 4. The van der Waals surface area contributed by atoms with Gasteiger partial charge in [-0.1, -0.05) is 11.6 Å². The van der Waals surface area contributed by atoms with Crippen LogP contribution in [-0.4, -0.2) is 48.1 Å². The maximum Gasteiger partial charge on any atom is 0.245 e. The van der Waals surface area contributed by atoms with Gasteiger partial charge in [-0.2, -0.15) is 4.98 Å². The topological polar surface area (TPSA) is 63.3 Å². The second kappa shape index (κ2) is 6.32. The van der Waals surface area contributed by atoms with Gasteiger partial charge in [0, 0.05) is 18.1 Å². The summed E-state index contributed by atoms with van der Waals surface area (Å²) >= 11 is 6.08. The van der Waals surface area contributed by atoms with Gasteiger partial charge >= 0.3 is 0 Å². The molecule has 1 fully saturated rings. The SMILES string of the molecule is CCOc1ccc(Cl)cc1-c1nc(N2CCOCC2)n[nH]1. The highest BCUT2D eigenvalue weighted by Gasteiger charge is 2.18. The lowest BCUT2D eigenvalue weighted by Gasteiger charge is -2.25. The van der Waals surface area contributed by atoms with Gasteiger partial charge in [-0.25, -0.2) is 0 Å². The molecule has 0 bridgehead atoms. The van der Waals surface area contributed by atoms with E-state index in [0.717, 1.165) is 24.4 Å². The van der Waals surface area contributed by atoms with E-state index in [1.54, 1.807) is 6.07 Å². The molecule has 0 amide bonds. The molecule has 2 aromatic rings. The van der Waals surface area contributed by atoms with Gasteiger partial charge in [-0.05, 0) is 25.1 Å². The Morgan fingerprint density at radius 3 is 2.95 bits per heavy atom. The number of aromatic nitrogens is 3. The number of morpholine rings is 1. The second-order valence-electron chi connectivity index (χ2n) is 4.66. The van der Waals surface area contributed by atoms with Crippen molar-refractivity contribution < 1.29 is 9.47 Å². The average Bonchev–Trinajstić information content (AvgIpc) is 3.00. The van der Waals surface area contributed by atoms with Crippen molar-refractivity contribution in [2.45, 2.75) is 6.92 Å². The van der Waals surface area contributed by atoms with E-state index in [-0.39, 0.29) is 0 Å². The Balaban J connectivity index is 1.90. The number of aromatic amines is 1. The van der Waals surface area contributed by atoms with Gasteiger partial charge in [0.15, 0.2) is 5.82 Å². The lowest BCUT2D eigenvalue weighted by Crippen LogP contribution is -2.36. The van der Waals surface area contributed by atoms with Crippen LogP contribution in [0.25, 0.3) is 11.4 Å². The van der Waals surface area contributed by atoms with Crippen LogP contribution in [0.4, 0.5) is 5.95 Å². The van der Waals surface area contributed by atoms with Crippen molar-refractivity contribution in [1.29, 1.82) is 0 Å². The highest BCUT2D eigenvalue weighted by atomic mass is 35.5. The third kappa shape index (κ3) is 3.11. The molecule has 2 heterocycles. The zero-order valence-electron chi connectivity index (χ0n) is 11.8. The summed E-state index contributed by atoms with van der Waals surface area (Å²) in [6.45, 7) is 5.52. The molecule has 1 aromatic carbocycles. The van der Waals surface area contributed by atoms with E-state index in [1.165, 1.54) is 0 Å². The summed E-state index contributed by atoms with van der Waals surface area (Å²) in [4.78, 5) is 6.64. The molecule has 0 aliphatic carbocycles. The Morgan fingerprint density at radius 2 is 2.19 bits per heavy atom. The summed E-state index contributed by atoms with van der Waals surface area (Å²) < 4.78 is 11.0. The van der Waals surface area contributed by atoms with Gasteiger partial charge < -0.3 is 14.4 Å². The van der Waals surface area contributed by atoms with Crippen molar-refractivity contribution in [3.63, 3.8) is 0 Å². The van der Waals surface area contributed by atoms with Crippen LogP contribution in [-0.2, 0) is 4.74 Å². The first-order chi connectivity index (χ1) is 10.3. The zero-order valence-corrected chi connectivity index (χ0v) is 12.6. The van der Waals surface area contributed by atoms with Crippen LogP contribution < -0.4 is 9.64 Å². The number of ether oxygens (including phenoxy) is 2. The quantitative estimate of drug-likeness (QED) is 0.939. The average molecular weight is 309 g/mol. The van der Waals surface area contributed by atoms with E-state index >= 15 is 0 Å². The van der Waals surface area contributed by atoms with Gasteiger partial charge in [0.2, 0.25) is 5.95 Å². The van der Waals surface area contributed by atoms with E-state index in [2.05, 4.69) is 20.1 Å². The third-order valence-electron chi connectivity index (χ3n) is 3.26. The highest BCUT2D eigenvalue weighted by molar-refractivity contribution is 6.30. The Kier molecular flexibility index (Phi) is 4.26. The van der Waals surface area contributed by atoms with Gasteiger partial charge in [0.25, 0.3) is 0 Å². The van der Waals surface area contributed by atoms with Crippen molar-refractivity contribution in [1.82, 2.24) is 15.2 Å². The molecule has 1 saturated heterocycles. The second-order valence-corrected chi connectivity index (χ2v) is 5.09. The Labute approximate surface area is 128 Å². The summed E-state index contributed by atoms with van der Waals surface area (Å²) in [5, 5.41) is 7.88. The molecule has 0 radical (unpaired) electrons. The molecule has 1 aromatic heterocycles. The monoisotopic (exact) mass is 308 g/mol. The van der Waals surface area contributed by atoms with Crippen molar-refractivity contribution >= 4 is 17.5 Å². The van der Waals surface area contributed by atoms with Crippen LogP contribution in [0.15, 0.2) is 18.2 Å². The molecule has 0 atom stereocenters. The van der Waals surface area contributed by atoms with E-state index < -0.39 is 0 Å². The standard InChI is InChI=1S/C14H17ClN4O2/c1-2-21-12-4-3-10(15)9-11(12)13-16-14(18-17-13)19-5-7-20-8-6-19/h3-4,9H,2,5-8H2,1H3,(H,16,17,18). The number of anilines is 1. The molecule has 0 spiro atoms. The fourth-order valence-corrected chi connectivity index (χ4v) is 2.42. The molecular formula is C14H17ClN4O2. The van der Waals surface area contributed by atoms with Crippen LogP contribution in [0.5, 0.6) is 5.75 Å². The zero-order chi connectivity index (χ0) is 14.7. The summed E-state index contributed by atoms with van der Waals surface area (Å²) in [7, 11) is 0. The summed E-state index contributed by atoms with van der Waals surface area (Å²) in [5.41, 5.74) is 0.816. The molecule has 1 aliphatic rings. The first-order valence-electron chi connectivity index (χ1n) is 6.95. The van der Waals surface area contributed by atoms with E-state index in [9.17, 15) is 0 Å². The smallest absolute Gasteiger partial charge is 0.245 e. The first-order valence-corrected chi connectivity index (χ1v) is 7.33. The molecule has 7 heteroatoms. The van der Waals surface area contributed by atoms with E-state index in [0.29, 0.717) is 36.6 Å². The van der Waals surface area contributed by atoms with Crippen molar-refractivity contribution in [2.75, 3.05) is 37.8 Å². The fraction of sp³-hybridized carbons (Fsp3) is 0.429. The van der Waals surface area contributed by atoms with Gasteiger partial charge in [0.05, 0.1) is 25.4 Å². The molecular weight excluding hydrogens is 292 g/mol. The van der Waals surface area contributed by atoms with Crippen LogP contribution in [0.2, 0.25) is 5.02 Å². The summed E-state index contributed by atoms with van der Waals surface area (Å²) in [6, 6.07) is 5.48. The van der Waals surface area contributed by atoms with Crippen molar-refractivity contribution in [3.05, 3.63) is 23.2 Å². The van der Waals surface area contributed by atoms with E-state index in [4.69, 9.17) is 21.1 Å². The molecule has 1 aliphatic heterocycles. The number of halogens is 1. The van der Waals surface area contributed by atoms with Gasteiger partial charge in [-0.3, -0.25) is 5.10 Å². The molecule has 0 saturated carbocycles. The van der Waals surface area contributed by atoms with Gasteiger partial charge in [0.1, 0.15) is 5.75 Å². The van der Waals surface area contributed by atoms with Gasteiger partial charge in [-0.15, -0.1) is 5.10 Å². The van der Waals surface area contributed by atoms with Crippen LogP contribution in [0.3, 0.4) is 0 Å². The third-order valence-corrected chi connectivity index (χ3v) is 3.50. The van der Waals surface area contributed by atoms with E-state index in [1.807, 2.05) is 19.1 Å².